The van der Waals surface area contributed by atoms with Gasteiger partial charge in [0.25, 0.3) is 5.91 Å². The maximum Gasteiger partial charge on any atom is 0.268 e. The van der Waals surface area contributed by atoms with E-state index in [1.807, 2.05) is 0 Å². The largest absolute Gasteiger partial charge is 0.497 e. The number of aryl methyl sites for hydroxylation is 1. The van der Waals surface area contributed by atoms with Crippen molar-refractivity contribution in [2.45, 2.75) is 20.0 Å². The summed E-state index contributed by atoms with van der Waals surface area (Å²) in [6.07, 6.45) is -0.947. The zero-order valence-electron chi connectivity index (χ0n) is 14.2. The molecule has 0 radical (unpaired) electrons. The van der Waals surface area contributed by atoms with Crippen LogP contribution >= 0.6 is 0 Å². The lowest BCUT2D eigenvalue weighted by atomic mass is 10.2. The van der Waals surface area contributed by atoms with Gasteiger partial charge in [-0.3, -0.25) is 4.79 Å². The second kappa shape index (κ2) is 8.14. The normalized spacial score (nSPS) is 12.4. The van der Waals surface area contributed by atoms with Crippen molar-refractivity contribution >= 4 is 17.4 Å². The average molecular weight is 345 g/mol. The van der Waals surface area contributed by atoms with Gasteiger partial charge < -0.3 is 20.6 Å². The van der Waals surface area contributed by atoms with Gasteiger partial charge in [0.2, 0.25) is 6.10 Å². The molecule has 1 amide bonds. The number of nitrogens with zero attached hydrogens (tertiary/aromatic N) is 1. The van der Waals surface area contributed by atoms with Gasteiger partial charge in [-0.1, -0.05) is 11.2 Å². The molecule has 0 aliphatic rings. The van der Waals surface area contributed by atoms with E-state index < -0.39 is 17.8 Å². The highest BCUT2D eigenvalue weighted by atomic mass is 19.1. The molecule has 3 N–H and O–H groups in total. The van der Waals surface area contributed by atoms with E-state index in [1.54, 1.807) is 44.4 Å². The van der Waals surface area contributed by atoms with E-state index in [0.717, 1.165) is 5.56 Å². The molecular formula is C18H20FN3O3. The summed E-state index contributed by atoms with van der Waals surface area (Å²) < 4.78 is 18.8. The van der Waals surface area contributed by atoms with Crippen LogP contribution < -0.4 is 15.8 Å². The highest BCUT2D eigenvalue weighted by molar-refractivity contribution is 5.97. The molecule has 0 saturated heterocycles. The van der Waals surface area contributed by atoms with Crippen LogP contribution in [0.1, 0.15) is 18.1 Å². The summed E-state index contributed by atoms with van der Waals surface area (Å²) in [6, 6.07) is 11.4. The molecule has 0 bridgehead atoms. The Balaban J connectivity index is 1.97. The number of benzene rings is 2. The number of carbonyl (C=O) groups excluding carboxylic acids is 1. The van der Waals surface area contributed by atoms with Crippen molar-refractivity contribution in [3.8, 4) is 5.75 Å². The monoisotopic (exact) mass is 345 g/mol. The molecule has 132 valence electrons. The fraction of sp³-hybridized carbons (Fsp3) is 0.222. The third-order valence-electron chi connectivity index (χ3n) is 3.45. The second-order valence-corrected chi connectivity index (χ2v) is 5.43. The van der Waals surface area contributed by atoms with Crippen LogP contribution in [0.2, 0.25) is 0 Å². The van der Waals surface area contributed by atoms with E-state index in [-0.39, 0.29) is 11.5 Å². The van der Waals surface area contributed by atoms with Crippen molar-refractivity contribution in [1.29, 1.82) is 0 Å². The van der Waals surface area contributed by atoms with Crippen molar-refractivity contribution < 1.29 is 18.8 Å². The number of methoxy groups -OCH3 is 1. The highest BCUT2D eigenvalue weighted by Crippen LogP contribution is 2.16. The summed E-state index contributed by atoms with van der Waals surface area (Å²) in [7, 11) is 1.56. The van der Waals surface area contributed by atoms with E-state index >= 15 is 0 Å². The Morgan fingerprint density at radius 1 is 1.24 bits per heavy atom. The first kappa shape index (κ1) is 18.3. The van der Waals surface area contributed by atoms with Gasteiger partial charge in [-0.2, -0.15) is 0 Å². The fourth-order valence-corrected chi connectivity index (χ4v) is 1.95. The number of rotatable bonds is 6. The van der Waals surface area contributed by atoms with Crippen LogP contribution in [0.25, 0.3) is 0 Å². The lowest BCUT2D eigenvalue weighted by Crippen LogP contribution is -2.28. The van der Waals surface area contributed by atoms with Crippen molar-refractivity contribution in [3.63, 3.8) is 0 Å². The second-order valence-electron chi connectivity index (χ2n) is 5.43. The molecule has 2 aromatic rings. The smallest absolute Gasteiger partial charge is 0.268 e. The number of nitrogens with two attached hydrogens (primary N) is 1. The third kappa shape index (κ3) is 4.94. The van der Waals surface area contributed by atoms with Crippen molar-refractivity contribution in [3.05, 3.63) is 59.4 Å². The Morgan fingerprint density at radius 3 is 2.52 bits per heavy atom. The maximum atomic E-state index is 13.8. The van der Waals surface area contributed by atoms with Gasteiger partial charge in [0, 0.05) is 5.56 Å². The van der Waals surface area contributed by atoms with Crippen molar-refractivity contribution in [1.82, 2.24) is 0 Å². The number of amidine groups is 1. The van der Waals surface area contributed by atoms with E-state index in [9.17, 15) is 9.18 Å². The molecule has 2 rings (SSSR count). The molecule has 0 heterocycles. The lowest BCUT2D eigenvalue weighted by Gasteiger charge is -2.12. The van der Waals surface area contributed by atoms with Gasteiger partial charge in [0.1, 0.15) is 11.6 Å². The van der Waals surface area contributed by atoms with E-state index in [0.29, 0.717) is 11.3 Å². The summed E-state index contributed by atoms with van der Waals surface area (Å²) >= 11 is 0. The lowest BCUT2D eigenvalue weighted by molar-refractivity contribution is -0.126. The fourth-order valence-electron chi connectivity index (χ4n) is 1.95. The standard InChI is InChI=1S/C18H20FN3O3/c1-11-4-9-16(15(19)10-11)21-18(23)12(2)25-22-17(20)13-5-7-14(24-3)8-6-13/h4-10,12H,1-3H3,(H2,20,22)(H,21,23). The Kier molecular flexibility index (Phi) is 5.94. The Labute approximate surface area is 145 Å². The SMILES string of the molecule is COc1ccc(C(N)=NOC(C)C(=O)Nc2ccc(C)cc2F)cc1. The van der Waals surface area contributed by atoms with Gasteiger partial charge in [-0.05, 0) is 55.8 Å². The third-order valence-corrected chi connectivity index (χ3v) is 3.45. The number of nitrogens with one attached hydrogen (secondary N) is 1. The predicted octanol–water partition coefficient (Wildman–Crippen LogP) is 2.81. The van der Waals surface area contributed by atoms with Crippen LogP contribution in [0, 0.1) is 12.7 Å². The summed E-state index contributed by atoms with van der Waals surface area (Å²) in [6.45, 7) is 3.25. The molecule has 0 spiro atoms. The first-order valence-electron chi connectivity index (χ1n) is 7.61. The molecule has 6 nitrogen and oxygen atoms in total. The number of amides is 1. The Morgan fingerprint density at radius 2 is 1.92 bits per heavy atom. The first-order valence-corrected chi connectivity index (χ1v) is 7.61. The molecule has 0 fully saturated rings. The summed E-state index contributed by atoms with van der Waals surface area (Å²) in [5.41, 5.74) is 7.29. The predicted molar refractivity (Wildman–Crippen MR) is 94.0 cm³/mol. The number of anilines is 1. The minimum Gasteiger partial charge on any atom is -0.497 e. The van der Waals surface area contributed by atoms with E-state index in [1.165, 1.54) is 19.1 Å². The van der Waals surface area contributed by atoms with Crippen molar-refractivity contribution in [2.75, 3.05) is 12.4 Å². The quantitative estimate of drug-likeness (QED) is 0.479. The summed E-state index contributed by atoms with van der Waals surface area (Å²) in [5.74, 6) is -0.245. The Bertz CT molecular complexity index is 776. The number of ether oxygens (including phenoxy) is 1. The molecule has 2 aromatic carbocycles. The van der Waals surface area contributed by atoms with E-state index in [4.69, 9.17) is 15.3 Å². The topological polar surface area (TPSA) is 85.9 Å². The zero-order valence-corrected chi connectivity index (χ0v) is 14.2. The molecule has 25 heavy (non-hydrogen) atoms. The van der Waals surface area contributed by atoms with Gasteiger partial charge in [-0.15, -0.1) is 0 Å². The molecule has 0 aliphatic heterocycles. The van der Waals surface area contributed by atoms with Gasteiger partial charge >= 0.3 is 0 Å². The highest BCUT2D eigenvalue weighted by Gasteiger charge is 2.16. The molecular weight excluding hydrogens is 325 g/mol. The zero-order chi connectivity index (χ0) is 18.4. The van der Waals surface area contributed by atoms with Crippen LogP contribution in [-0.4, -0.2) is 25.0 Å². The number of halogens is 1. The summed E-state index contributed by atoms with van der Waals surface area (Å²) in [4.78, 5) is 17.2. The number of oxime groups is 1. The number of hydrogen-bond donors (Lipinski definition) is 2. The van der Waals surface area contributed by atoms with Gasteiger partial charge in [0.15, 0.2) is 5.84 Å². The molecule has 7 heteroatoms. The summed E-state index contributed by atoms with van der Waals surface area (Å²) in [5, 5.41) is 6.20. The van der Waals surface area contributed by atoms with Crippen LogP contribution in [-0.2, 0) is 9.63 Å². The molecule has 0 aromatic heterocycles. The Hall–Kier alpha value is -3.09. The molecule has 1 unspecified atom stereocenters. The maximum absolute atomic E-state index is 13.8. The minimum absolute atomic E-state index is 0.0816. The van der Waals surface area contributed by atoms with Crippen LogP contribution in [0.3, 0.4) is 0 Å². The average Bonchev–Trinajstić information content (AvgIpc) is 2.61. The van der Waals surface area contributed by atoms with Gasteiger partial charge in [0.05, 0.1) is 12.8 Å². The number of carbonyl (C=O) groups is 1. The molecule has 1 atom stereocenters. The van der Waals surface area contributed by atoms with Crippen molar-refractivity contribution in [2.24, 2.45) is 10.9 Å². The molecule has 0 aliphatic carbocycles. The first-order chi connectivity index (χ1) is 11.9. The van der Waals surface area contributed by atoms with Gasteiger partial charge in [-0.25, -0.2) is 4.39 Å². The van der Waals surface area contributed by atoms with Crippen LogP contribution in [0.5, 0.6) is 5.75 Å². The number of hydrogen-bond acceptors (Lipinski definition) is 4. The van der Waals surface area contributed by atoms with Crippen LogP contribution in [0.15, 0.2) is 47.6 Å². The van der Waals surface area contributed by atoms with E-state index in [2.05, 4.69) is 10.5 Å². The minimum atomic E-state index is -0.947. The van der Waals surface area contributed by atoms with Crippen LogP contribution in [0.4, 0.5) is 10.1 Å². The molecule has 0 saturated carbocycles.